The van der Waals surface area contributed by atoms with Gasteiger partial charge in [0.15, 0.2) is 0 Å². The molecular weight excluding hydrogens is 264 g/mol. The maximum Gasteiger partial charge on any atom is 0.333 e. The highest BCUT2D eigenvalue weighted by atomic mass is 16.5. The number of nitrogens with one attached hydrogen (secondary N) is 1. The van der Waals surface area contributed by atoms with Gasteiger partial charge in [-0.15, -0.1) is 0 Å². The van der Waals surface area contributed by atoms with Crippen LogP contribution in [0.25, 0.3) is 0 Å². The molecule has 0 aromatic heterocycles. The van der Waals surface area contributed by atoms with Crippen LogP contribution in [0.2, 0.25) is 0 Å². The van der Waals surface area contributed by atoms with Crippen molar-refractivity contribution >= 4 is 11.7 Å². The van der Waals surface area contributed by atoms with Crippen molar-refractivity contribution in [3.63, 3.8) is 0 Å². The average Bonchev–Trinajstić information content (AvgIpc) is 3.25. The van der Waals surface area contributed by atoms with Crippen LogP contribution < -0.4 is 5.32 Å². The zero-order valence-corrected chi connectivity index (χ0v) is 12.8. The lowest BCUT2D eigenvalue weighted by Gasteiger charge is -2.29. The maximum absolute atomic E-state index is 12.6. The van der Waals surface area contributed by atoms with Crippen LogP contribution in [0.5, 0.6) is 0 Å². The first-order valence-electron chi connectivity index (χ1n) is 7.91. The quantitative estimate of drug-likeness (QED) is 0.846. The van der Waals surface area contributed by atoms with E-state index in [1.807, 2.05) is 37.3 Å². The molecule has 1 saturated carbocycles. The van der Waals surface area contributed by atoms with Crippen molar-refractivity contribution in [2.24, 2.45) is 0 Å². The maximum atomic E-state index is 12.6. The number of anilines is 1. The van der Waals surface area contributed by atoms with Gasteiger partial charge < -0.3 is 10.1 Å². The SMILES string of the molecule is CCOC(=O)C1(Nc2ccccc2)CC(C)N(C2CC2)C1. The molecule has 21 heavy (non-hydrogen) atoms. The Balaban J connectivity index is 1.83. The second-order valence-corrected chi connectivity index (χ2v) is 6.25. The topological polar surface area (TPSA) is 41.6 Å². The summed E-state index contributed by atoms with van der Waals surface area (Å²) >= 11 is 0. The lowest BCUT2D eigenvalue weighted by Crippen LogP contribution is -2.50. The summed E-state index contributed by atoms with van der Waals surface area (Å²) in [5.74, 6) is -0.121. The number of benzene rings is 1. The molecule has 4 nitrogen and oxygen atoms in total. The fourth-order valence-corrected chi connectivity index (χ4v) is 3.41. The third-order valence-corrected chi connectivity index (χ3v) is 4.50. The first-order valence-corrected chi connectivity index (χ1v) is 7.91. The Morgan fingerprint density at radius 1 is 1.38 bits per heavy atom. The number of rotatable bonds is 5. The number of hydrogen-bond acceptors (Lipinski definition) is 4. The van der Waals surface area contributed by atoms with E-state index in [-0.39, 0.29) is 5.97 Å². The Labute approximate surface area is 126 Å². The van der Waals surface area contributed by atoms with Crippen molar-refractivity contribution in [2.45, 2.75) is 50.7 Å². The lowest BCUT2D eigenvalue weighted by atomic mass is 9.95. The molecule has 2 unspecified atom stereocenters. The number of ether oxygens (including phenoxy) is 1. The van der Waals surface area contributed by atoms with Crippen LogP contribution in [0, 0.1) is 0 Å². The molecule has 1 aromatic carbocycles. The molecule has 1 aromatic rings. The number of carbonyl (C=O) groups is 1. The predicted octanol–water partition coefficient (Wildman–Crippen LogP) is 2.66. The van der Waals surface area contributed by atoms with E-state index in [0.717, 1.165) is 18.7 Å². The molecule has 4 heteroatoms. The smallest absolute Gasteiger partial charge is 0.333 e. The second kappa shape index (κ2) is 5.68. The van der Waals surface area contributed by atoms with Gasteiger partial charge in [-0.25, -0.2) is 4.79 Å². The molecule has 114 valence electrons. The van der Waals surface area contributed by atoms with E-state index in [1.54, 1.807) is 0 Å². The zero-order chi connectivity index (χ0) is 14.9. The molecule has 3 rings (SSSR count). The molecule has 1 N–H and O–H groups in total. The van der Waals surface area contributed by atoms with Crippen LogP contribution in [0.15, 0.2) is 30.3 Å². The van der Waals surface area contributed by atoms with Gasteiger partial charge in [0.2, 0.25) is 0 Å². The van der Waals surface area contributed by atoms with Gasteiger partial charge >= 0.3 is 5.97 Å². The van der Waals surface area contributed by atoms with E-state index < -0.39 is 5.54 Å². The van der Waals surface area contributed by atoms with Gasteiger partial charge in [-0.3, -0.25) is 4.90 Å². The van der Waals surface area contributed by atoms with Crippen molar-refractivity contribution in [1.29, 1.82) is 0 Å². The zero-order valence-electron chi connectivity index (χ0n) is 12.8. The Morgan fingerprint density at radius 2 is 2.10 bits per heavy atom. The molecule has 0 spiro atoms. The molecule has 1 aliphatic carbocycles. The normalized spacial score (nSPS) is 29.3. The number of hydrogen-bond donors (Lipinski definition) is 1. The van der Waals surface area contributed by atoms with E-state index in [4.69, 9.17) is 4.74 Å². The molecule has 2 fully saturated rings. The Kier molecular flexibility index (Phi) is 3.89. The van der Waals surface area contributed by atoms with Crippen LogP contribution in [0.3, 0.4) is 0 Å². The predicted molar refractivity (Wildman–Crippen MR) is 83.2 cm³/mol. The minimum absolute atomic E-state index is 0.121. The summed E-state index contributed by atoms with van der Waals surface area (Å²) in [4.78, 5) is 15.1. The molecule has 1 heterocycles. The standard InChI is InChI=1S/C17H24N2O2/c1-3-21-16(20)17(18-14-7-5-4-6-8-14)11-13(2)19(12-17)15-9-10-15/h4-8,13,15,18H,3,9-12H2,1-2H3. The van der Waals surface area contributed by atoms with Gasteiger partial charge in [0.25, 0.3) is 0 Å². The van der Waals surface area contributed by atoms with Crippen molar-refractivity contribution in [3.8, 4) is 0 Å². The van der Waals surface area contributed by atoms with Crippen molar-refractivity contribution in [1.82, 2.24) is 4.90 Å². The van der Waals surface area contributed by atoms with Crippen LogP contribution in [-0.4, -0.2) is 41.6 Å². The molecule has 1 saturated heterocycles. The van der Waals surface area contributed by atoms with E-state index in [0.29, 0.717) is 18.7 Å². The Morgan fingerprint density at radius 3 is 2.71 bits per heavy atom. The Hall–Kier alpha value is -1.55. The second-order valence-electron chi connectivity index (χ2n) is 6.25. The molecule has 2 aliphatic rings. The monoisotopic (exact) mass is 288 g/mol. The molecule has 2 atom stereocenters. The van der Waals surface area contributed by atoms with Crippen molar-refractivity contribution < 1.29 is 9.53 Å². The van der Waals surface area contributed by atoms with Crippen LogP contribution in [-0.2, 0) is 9.53 Å². The molecule has 0 amide bonds. The number of likely N-dealkylation sites (tertiary alicyclic amines) is 1. The van der Waals surface area contributed by atoms with Gasteiger partial charge in [-0.2, -0.15) is 0 Å². The number of esters is 1. The summed E-state index contributed by atoms with van der Waals surface area (Å²) in [7, 11) is 0. The minimum atomic E-state index is -0.612. The summed E-state index contributed by atoms with van der Waals surface area (Å²) in [6.45, 7) is 5.25. The third kappa shape index (κ3) is 2.91. The fraction of sp³-hybridized carbons (Fsp3) is 0.588. The van der Waals surface area contributed by atoms with Gasteiger partial charge in [0.05, 0.1) is 6.61 Å². The lowest BCUT2D eigenvalue weighted by molar-refractivity contribution is -0.148. The van der Waals surface area contributed by atoms with E-state index in [9.17, 15) is 4.79 Å². The van der Waals surface area contributed by atoms with Crippen molar-refractivity contribution in [2.75, 3.05) is 18.5 Å². The van der Waals surface area contributed by atoms with Gasteiger partial charge in [-0.05, 0) is 45.2 Å². The summed E-state index contributed by atoms with van der Waals surface area (Å²) in [5, 5.41) is 3.47. The summed E-state index contributed by atoms with van der Waals surface area (Å²) < 4.78 is 5.37. The van der Waals surface area contributed by atoms with Gasteiger partial charge in [0.1, 0.15) is 5.54 Å². The fourth-order valence-electron chi connectivity index (χ4n) is 3.41. The van der Waals surface area contributed by atoms with Gasteiger partial charge in [-0.1, -0.05) is 18.2 Å². The number of carbonyl (C=O) groups excluding carboxylic acids is 1. The van der Waals surface area contributed by atoms with Gasteiger partial charge in [0, 0.05) is 24.3 Å². The van der Waals surface area contributed by atoms with Crippen LogP contribution in [0.1, 0.15) is 33.1 Å². The summed E-state index contributed by atoms with van der Waals surface area (Å²) in [5.41, 5.74) is 0.370. The molecule has 0 radical (unpaired) electrons. The Bertz CT molecular complexity index is 501. The molecular formula is C17H24N2O2. The van der Waals surface area contributed by atoms with Crippen LogP contribution in [0.4, 0.5) is 5.69 Å². The highest BCUT2D eigenvalue weighted by Crippen LogP contribution is 2.39. The summed E-state index contributed by atoms with van der Waals surface area (Å²) in [6.07, 6.45) is 3.32. The number of para-hydroxylation sites is 1. The number of nitrogens with zero attached hydrogens (tertiary/aromatic N) is 1. The first-order chi connectivity index (χ1) is 10.1. The minimum Gasteiger partial charge on any atom is -0.464 e. The molecule has 0 bridgehead atoms. The molecule has 1 aliphatic heterocycles. The summed E-state index contributed by atoms with van der Waals surface area (Å²) in [6, 6.07) is 11.0. The van der Waals surface area contributed by atoms with E-state index >= 15 is 0 Å². The largest absolute Gasteiger partial charge is 0.464 e. The highest BCUT2D eigenvalue weighted by Gasteiger charge is 2.52. The third-order valence-electron chi connectivity index (χ3n) is 4.50. The first kappa shape index (κ1) is 14.4. The average molecular weight is 288 g/mol. The van der Waals surface area contributed by atoms with Crippen LogP contribution >= 0.6 is 0 Å². The van der Waals surface area contributed by atoms with E-state index in [2.05, 4.69) is 17.1 Å². The van der Waals surface area contributed by atoms with Crippen molar-refractivity contribution in [3.05, 3.63) is 30.3 Å². The highest BCUT2D eigenvalue weighted by molar-refractivity contribution is 5.85. The van der Waals surface area contributed by atoms with E-state index in [1.165, 1.54) is 12.8 Å².